The molecule has 0 bridgehead atoms. The van der Waals surface area contributed by atoms with Crippen molar-refractivity contribution in [2.75, 3.05) is 6.26 Å². The minimum absolute atomic E-state index is 0.00194. The number of primary amides is 1. The van der Waals surface area contributed by atoms with E-state index in [0.717, 1.165) is 4.90 Å². The number of nitrogens with two attached hydrogens (primary N) is 1. The summed E-state index contributed by atoms with van der Waals surface area (Å²) >= 11 is 1.39. The largest absolute Gasteiger partial charge is 0.366 e. The number of nitro benzene ring substituents is 1. The molecule has 8 heteroatoms. The fourth-order valence-electron chi connectivity index (χ4n) is 2.10. The van der Waals surface area contributed by atoms with Crippen molar-refractivity contribution in [2.24, 2.45) is 5.73 Å². The summed E-state index contributed by atoms with van der Waals surface area (Å²) in [5.74, 6) is -1.12. The number of carbonyl (C=O) groups excluding carboxylic acids is 2. The molecule has 2 aromatic rings. The van der Waals surface area contributed by atoms with Gasteiger partial charge in [0.2, 0.25) is 5.91 Å². The zero-order chi connectivity index (χ0) is 17.7. The second kappa shape index (κ2) is 7.60. The van der Waals surface area contributed by atoms with Crippen LogP contribution in [0.25, 0.3) is 0 Å². The lowest BCUT2D eigenvalue weighted by molar-refractivity contribution is -0.385. The lowest BCUT2D eigenvalue weighted by Gasteiger charge is -2.08. The molecule has 0 atom stereocenters. The van der Waals surface area contributed by atoms with E-state index in [4.69, 9.17) is 5.73 Å². The Morgan fingerprint density at radius 2 is 2.00 bits per heavy atom. The van der Waals surface area contributed by atoms with Crippen LogP contribution in [0.5, 0.6) is 0 Å². The van der Waals surface area contributed by atoms with Crippen LogP contribution in [0.2, 0.25) is 0 Å². The normalized spacial score (nSPS) is 10.2. The van der Waals surface area contributed by atoms with E-state index in [0.29, 0.717) is 11.1 Å². The van der Waals surface area contributed by atoms with Crippen molar-refractivity contribution in [3.63, 3.8) is 0 Å². The van der Waals surface area contributed by atoms with Crippen molar-refractivity contribution in [3.8, 4) is 0 Å². The monoisotopic (exact) mass is 345 g/mol. The van der Waals surface area contributed by atoms with Crippen LogP contribution in [0.1, 0.15) is 26.3 Å². The molecular formula is C16H15N3O4S. The molecule has 0 unspecified atom stereocenters. The Kier molecular flexibility index (Phi) is 5.54. The Balaban J connectivity index is 2.19. The molecule has 0 radical (unpaired) electrons. The number of hydrogen-bond donors (Lipinski definition) is 2. The Hall–Kier alpha value is -2.87. The number of amides is 2. The molecule has 0 saturated heterocycles. The van der Waals surface area contributed by atoms with Gasteiger partial charge in [0.25, 0.3) is 11.6 Å². The van der Waals surface area contributed by atoms with Crippen LogP contribution in [0.4, 0.5) is 5.69 Å². The molecule has 2 amide bonds. The van der Waals surface area contributed by atoms with E-state index < -0.39 is 16.7 Å². The number of benzene rings is 2. The fourth-order valence-corrected chi connectivity index (χ4v) is 2.54. The van der Waals surface area contributed by atoms with Gasteiger partial charge in [-0.15, -0.1) is 11.8 Å². The molecule has 0 spiro atoms. The molecule has 0 aliphatic heterocycles. The summed E-state index contributed by atoms with van der Waals surface area (Å²) in [6, 6.07) is 10.9. The molecular weight excluding hydrogens is 330 g/mol. The van der Waals surface area contributed by atoms with E-state index in [1.54, 1.807) is 30.3 Å². The summed E-state index contributed by atoms with van der Waals surface area (Å²) in [5.41, 5.74) is 5.96. The highest BCUT2D eigenvalue weighted by molar-refractivity contribution is 7.98. The SMILES string of the molecule is CSc1ccc([N+](=O)[O-])c(C(=O)NCc2cccc(C(N)=O)c2)c1. The van der Waals surface area contributed by atoms with E-state index in [1.807, 2.05) is 6.26 Å². The number of hydrogen-bond acceptors (Lipinski definition) is 5. The summed E-state index contributed by atoms with van der Waals surface area (Å²) < 4.78 is 0. The molecule has 0 aliphatic rings. The molecule has 0 heterocycles. The maximum atomic E-state index is 12.3. The average molecular weight is 345 g/mol. The third kappa shape index (κ3) is 4.11. The Bertz CT molecular complexity index is 808. The number of thioether (sulfide) groups is 1. The Morgan fingerprint density at radius 3 is 2.62 bits per heavy atom. The first-order valence-electron chi connectivity index (χ1n) is 6.91. The maximum Gasteiger partial charge on any atom is 0.282 e. The van der Waals surface area contributed by atoms with Crippen molar-refractivity contribution in [3.05, 3.63) is 69.3 Å². The zero-order valence-corrected chi connectivity index (χ0v) is 13.6. The molecule has 0 aliphatic carbocycles. The summed E-state index contributed by atoms with van der Waals surface area (Å²) in [4.78, 5) is 34.7. The lowest BCUT2D eigenvalue weighted by atomic mass is 10.1. The number of rotatable bonds is 6. The van der Waals surface area contributed by atoms with Crippen molar-refractivity contribution < 1.29 is 14.5 Å². The third-order valence-corrected chi connectivity index (χ3v) is 4.03. The third-order valence-electron chi connectivity index (χ3n) is 3.31. The summed E-state index contributed by atoms with van der Waals surface area (Å²) in [7, 11) is 0. The maximum absolute atomic E-state index is 12.3. The molecule has 0 fully saturated rings. The van der Waals surface area contributed by atoms with Gasteiger partial charge >= 0.3 is 0 Å². The number of nitrogens with zero attached hydrogens (tertiary/aromatic N) is 1. The van der Waals surface area contributed by atoms with Crippen molar-refractivity contribution >= 4 is 29.3 Å². The topological polar surface area (TPSA) is 115 Å². The van der Waals surface area contributed by atoms with Gasteiger partial charge in [0, 0.05) is 23.1 Å². The highest BCUT2D eigenvalue weighted by Crippen LogP contribution is 2.24. The number of nitro groups is 1. The Morgan fingerprint density at radius 1 is 1.25 bits per heavy atom. The van der Waals surface area contributed by atoms with Gasteiger partial charge < -0.3 is 11.1 Å². The van der Waals surface area contributed by atoms with E-state index >= 15 is 0 Å². The first-order chi connectivity index (χ1) is 11.4. The van der Waals surface area contributed by atoms with E-state index in [9.17, 15) is 19.7 Å². The van der Waals surface area contributed by atoms with Gasteiger partial charge in [-0.25, -0.2) is 0 Å². The van der Waals surface area contributed by atoms with Crippen LogP contribution in [0.3, 0.4) is 0 Å². The quantitative estimate of drug-likeness (QED) is 0.474. The van der Waals surface area contributed by atoms with Crippen molar-refractivity contribution in [1.29, 1.82) is 0 Å². The Labute approximate surface area is 142 Å². The first-order valence-corrected chi connectivity index (χ1v) is 8.14. The van der Waals surface area contributed by atoms with E-state index in [2.05, 4.69) is 5.32 Å². The van der Waals surface area contributed by atoms with Gasteiger partial charge in [-0.3, -0.25) is 19.7 Å². The predicted molar refractivity (Wildman–Crippen MR) is 91.0 cm³/mol. The number of nitrogens with one attached hydrogen (secondary N) is 1. The molecule has 7 nitrogen and oxygen atoms in total. The summed E-state index contributed by atoms with van der Waals surface area (Å²) in [6.45, 7) is 0.126. The van der Waals surface area contributed by atoms with E-state index in [-0.39, 0.29) is 17.8 Å². The van der Waals surface area contributed by atoms with Crippen LogP contribution in [0, 0.1) is 10.1 Å². The molecule has 2 aromatic carbocycles. The minimum atomic E-state index is -0.591. The van der Waals surface area contributed by atoms with E-state index in [1.165, 1.54) is 23.9 Å². The molecule has 3 N–H and O–H groups in total. The van der Waals surface area contributed by atoms with Crippen LogP contribution < -0.4 is 11.1 Å². The smallest absolute Gasteiger partial charge is 0.282 e. The van der Waals surface area contributed by atoms with Gasteiger partial charge in [-0.2, -0.15) is 0 Å². The summed E-state index contributed by atoms with van der Waals surface area (Å²) in [6.07, 6.45) is 1.82. The van der Waals surface area contributed by atoms with Crippen molar-refractivity contribution in [2.45, 2.75) is 11.4 Å². The first kappa shape index (κ1) is 17.5. The van der Waals surface area contributed by atoms with Gasteiger partial charge in [0.15, 0.2) is 0 Å². The lowest BCUT2D eigenvalue weighted by Crippen LogP contribution is -2.24. The fraction of sp³-hybridized carbons (Fsp3) is 0.125. The van der Waals surface area contributed by atoms with Gasteiger partial charge in [0.1, 0.15) is 5.56 Å². The minimum Gasteiger partial charge on any atom is -0.366 e. The van der Waals surface area contributed by atoms with Crippen molar-refractivity contribution in [1.82, 2.24) is 5.32 Å². The van der Waals surface area contributed by atoms with Gasteiger partial charge in [-0.05, 0) is 36.1 Å². The molecule has 124 valence electrons. The predicted octanol–water partition coefficient (Wildman–Crippen LogP) is 2.35. The van der Waals surface area contributed by atoms with Crippen LogP contribution in [-0.4, -0.2) is 23.0 Å². The second-order valence-corrected chi connectivity index (χ2v) is 5.77. The highest BCUT2D eigenvalue weighted by atomic mass is 32.2. The standard InChI is InChI=1S/C16H15N3O4S/c1-24-12-5-6-14(19(22)23)13(8-12)16(21)18-9-10-3-2-4-11(7-10)15(17)20/h2-8H,9H2,1H3,(H2,17,20)(H,18,21). The molecule has 0 saturated carbocycles. The number of carbonyl (C=O) groups is 2. The zero-order valence-electron chi connectivity index (χ0n) is 12.8. The van der Waals surface area contributed by atoms with Crippen LogP contribution in [0.15, 0.2) is 47.4 Å². The highest BCUT2D eigenvalue weighted by Gasteiger charge is 2.20. The van der Waals surface area contributed by atoms with Crippen LogP contribution in [-0.2, 0) is 6.54 Å². The summed E-state index contributed by atoms with van der Waals surface area (Å²) in [5, 5.41) is 13.7. The van der Waals surface area contributed by atoms with Gasteiger partial charge in [-0.1, -0.05) is 12.1 Å². The average Bonchev–Trinajstić information content (AvgIpc) is 2.59. The second-order valence-electron chi connectivity index (χ2n) is 4.89. The molecule has 2 rings (SSSR count). The molecule has 24 heavy (non-hydrogen) atoms. The van der Waals surface area contributed by atoms with Crippen LogP contribution >= 0.6 is 11.8 Å². The molecule has 0 aromatic heterocycles. The van der Waals surface area contributed by atoms with Gasteiger partial charge in [0.05, 0.1) is 4.92 Å².